The average molecular weight is 297 g/mol. The number of nitriles is 1. The fourth-order valence-electron chi connectivity index (χ4n) is 2.01. The van der Waals surface area contributed by atoms with Crippen LogP contribution in [0.25, 0.3) is 10.8 Å². The minimum atomic E-state index is -0.394. The minimum absolute atomic E-state index is 0.342. The van der Waals surface area contributed by atoms with Crippen LogP contribution in [0.2, 0.25) is 0 Å². The van der Waals surface area contributed by atoms with Gasteiger partial charge in [0.15, 0.2) is 0 Å². The highest BCUT2D eigenvalue weighted by Gasteiger charge is 2.22. The van der Waals surface area contributed by atoms with Gasteiger partial charge in [-0.25, -0.2) is 0 Å². The van der Waals surface area contributed by atoms with Crippen LogP contribution in [0, 0.1) is 11.3 Å². The second-order valence-electron chi connectivity index (χ2n) is 4.26. The van der Waals surface area contributed by atoms with Crippen LogP contribution in [0.3, 0.4) is 0 Å². The number of ether oxygens (including phenoxy) is 1. The van der Waals surface area contributed by atoms with Crippen molar-refractivity contribution in [3.05, 3.63) is 58.7 Å². The molecule has 104 valence electrons. The van der Waals surface area contributed by atoms with Crippen molar-refractivity contribution in [2.24, 2.45) is 0 Å². The lowest BCUT2D eigenvalue weighted by Gasteiger charge is -2.10. The van der Waals surface area contributed by atoms with Crippen LogP contribution >= 0.6 is 11.3 Å². The third kappa shape index (κ3) is 2.57. The molecule has 3 rings (SSSR count). The second kappa shape index (κ2) is 5.87. The molecule has 0 aliphatic carbocycles. The molecular formula is C15H11N3O2S. The fraction of sp³-hybridized carbons (Fsp3) is 0.133. The van der Waals surface area contributed by atoms with Crippen molar-refractivity contribution < 1.29 is 9.26 Å². The molecule has 0 saturated carbocycles. The minimum Gasteiger partial charge on any atom is -0.369 e. The van der Waals surface area contributed by atoms with Gasteiger partial charge in [-0.1, -0.05) is 35.5 Å². The molecule has 2 aromatic heterocycles. The third-order valence-electron chi connectivity index (χ3n) is 2.99. The number of aromatic nitrogens is 2. The van der Waals surface area contributed by atoms with Crippen LogP contribution in [0.15, 0.2) is 46.3 Å². The van der Waals surface area contributed by atoms with E-state index in [0.29, 0.717) is 22.2 Å². The first kappa shape index (κ1) is 13.5. The van der Waals surface area contributed by atoms with Crippen LogP contribution in [0.5, 0.6) is 0 Å². The van der Waals surface area contributed by atoms with Crippen molar-refractivity contribution in [1.82, 2.24) is 10.1 Å². The lowest BCUT2D eigenvalue weighted by Crippen LogP contribution is -2.05. The Balaban J connectivity index is 1.96. The predicted octanol–water partition coefficient (Wildman–Crippen LogP) is 3.41. The van der Waals surface area contributed by atoms with Crippen LogP contribution in [0.1, 0.15) is 23.1 Å². The Kier molecular flexibility index (Phi) is 3.77. The highest BCUT2D eigenvalue weighted by molar-refractivity contribution is 7.13. The zero-order chi connectivity index (χ0) is 14.7. The molecule has 0 N–H and O–H groups in total. The quantitative estimate of drug-likeness (QED) is 0.738. The molecular weight excluding hydrogens is 286 g/mol. The summed E-state index contributed by atoms with van der Waals surface area (Å²) >= 11 is 1.40. The Bertz CT molecular complexity index is 774. The molecule has 21 heavy (non-hydrogen) atoms. The molecule has 1 aromatic carbocycles. The Morgan fingerprint density at radius 1 is 1.29 bits per heavy atom. The lowest BCUT2D eigenvalue weighted by molar-refractivity contribution is 0.126. The first-order valence-corrected chi connectivity index (χ1v) is 7.10. The van der Waals surface area contributed by atoms with E-state index in [0.717, 1.165) is 5.56 Å². The van der Waals surface area contributed by atoms with Gasteiger partial charge < -0.3 is 9.26 Å². The molecule has 5 nitrogen and oxygen atoms in total. The summed E-state index contributed by atoms with van der Waals surface area (Å²) in [5.74, 6) is 0.783. The van der Waals surface area contributed by atoms with Crippen molar-refractivity contribution in [2.75, 3.05) is 7.11 Å². The van der Waals surface area contributed by atoms with Crippen LogP contribution in [-0.4, -0.2) is 17.3 Å². The number of rotatable bonds is 4. The maximum absolute atomic E-state index is 9.05. The van der Waals surface area contributed by atoms with Gasteiger partial charge in [-0.3, -0.25) is 0 Å². The van der Waals surface area contributed by atoms with Crippen molar-refractivity contribution in [1.29, 1.82) is 5.26 Å². The van der Waals surface area contributed by atoms with E-state index in [1.165, 1.54) is 11.3 Å². The topological polar surface area (TPSA) is 71.9 Å². The summed E-state index contributed by atoms with van der Waals surface area (Å²) < 4.78 is 10.7. The molecule has 0 radical (unpaired) electrons. The summed E-state index contributed by atoms with van der Waals surface area (Å²) in [6, 6.07) is 13.5. The first-order valence-electron chi connectivity index (χ1n) is 6.22. The molecule has 2 heterocycles. The van der Waals surface area contributed by atoms with E-state index in [-0.39, 0.29) is 0 Å². The van der Waals surface area contributed by atoms with Gasteiger partial charge in [0.1, 0.15) is 17.1 Å². The van der Waals surface area contributed by atoms with Crippen molar-refractivity contribution in [3.8, 4) is 16.8 Å². The third-order valence-corrected chi connectivity index (χ3v) is 3.90. The van der Waals surface area contributed by atoms with Gasteiger partial charge in [0.25, 0.3) is 5.89 Å². The van der Waals surface area contributed by atoms with Crippen molar-refractivity contribution in [3.63, 3.8) is 0 Å². The van der Waals surface area contributed by atoms with Crippen molar-refractivity contribution in [2.45, 2.75) is 6.10 Å². The number of thiophene rings is 1. The molecule has 1 atom stereocenters. The van der Waals surface area contributed by atoms with E-state index in [1.54, 1.807) is 13.2 Å². The lowest BCUT2D eigenvalue weighted by atomic mass is 10.1. The normalized spacial score (nSPS) is 12.0. The summed E-state index contributed by atoms with van der Waals surface area (Å²) in [6.45, 7) is 0. The van der Waals surface area contributed by atoms with Crippen molar-refractivity contribution >= 4 is 11.3 Å². The monoisotopic (exact) mass is 297 g/mol. The summed E-state index contributed by atoms with van der Waals surface area (Å²) in [5.41, 5.74) is 1.47. The van der Waals surface area contributed by atoms with Gasteiger partial charge in [0.05, 0.1) is 5.56 Å². The van der Waals surface area contributed by atoms with Gasteiger partial charge >= 0.3 is 0 Å². The number of hydrogen-bond acceptors (Lipinski definition) is 6. The summed E-state index contributed by atoms with van der Waals surface area (Å²) in [5, 5.41) is 14.9. The Labute approximate surface area is 125 Å². The summed E-state index contributed by atoms with van der Waals surface area (Å²) in [7, 11) is 1.60. The number of benzene rings is 1. The standard InChI is InChI=1S/C15H11N3O2S/c1-19-12(10-5-3-2-4-6-10)14-17-15(20-18-14)13-11(9-16)7-8-21-13/h2-8,12H,1H3. The molecule has 6 heteroatoms. The Morgan fingerprint density at radius 2 is 2.10 bits per heavy atom. The maximum atomic E-state index is 9.05. The molecule has 0 saturated heterocycles. The van der Waals surface area contributed by atoms with E-state index >= 15 is 0 Å². The van der Waals surface area contributed by atoms with Gasteiger partial charge in [-0.05, 0) is 17.0 Å². The van der Waals surface area contributed by atoms with Gasteiger partial charge in [0, 0.05) is 7.11 Å². The molecule has 0 amide bonds. The summed E-state index contributed by atoms with van der Waals surface area (Å²) in [6.07, 6.45) is -0.394. The van der Waals surface area contributed by atoms with E-state index < -0.39 is 6.10 Å². The average Bonchev–Trinajstić information content (AvgIpc) is 3.17. The Hall–Kier alpha value is -2.49. The number of hydrogen-bond donors (Lipinski definition) is 0. The van der Waals surface area contributed by atoms with Crippen LogP contribution in [0.4, 0.5) is 0 Å². The molecule has 0 aliphatic rings. The maximum Gasteiger partial charge on any atom is 0.269 e. The van der Waals surface area contributed by atoms with Crippen LogP contribution in [-0.2, 0) is 4.74 Å². The smallest absolute Gasteiger partial charge is 0.269 e. The molecule has 0 fully saturated rings. The highest BCUT2D eigenvalue weighted by Crippen LogP contribution is 2.30. The number of nitrogens with zero attached hydrogens (tertiary/aromatic N) is 3. The highest BCUT2D eigenvalue weighted by atomic mass is 32.1. The summed E-state index contributed by atoms with van der Waals surface area (Å²) in [4.78, 5) is 5.05. The van der Waals surface area contributed by atoms with E-state index in [9.17, 15) is 0 Å². The van der Waals surface area contributed by atoms with E-state index in [4.69, 9.17) is 14.5 Å². The molecule has 3 aromatic rings. The second-order valence-corrected chi connectivity index (χ2v) is 5.18. The SMILES string of the molecule is COC(c1ccccc1)c1noc(-c2sccc2C#N)n1. The van der Waals surface area contributed by atoms with E-state index in [1.807, 2.05) is 35.7 Å². The van der Waals surface area contributed by atoms with E-state index in [2.05, 4.69) is 16.2 Å². The van der Waals surface area contributed by atoms with Crippen LogP contribution < -0.4 is 0 Å². The van der Waals surface area contributed by atoms with Gasteiger partial charge in [-0.15, -0.1) is 11.3 Å². The Morgan fingerprint density at radius 3 is 2.81 bits per heavy atom. The fourth-order valence-corrected chi connectivity index (χ4v) is 2.78. The molecule has 0 aliphatic heterocycles. The molecule has 1 unspecified atom stereocenters. The van der Waals surface area contributed by atoms with Gasteiger partial charge in [0.2, 0.25) is 5.82 Å². The zero-order valence-electron chi connectivity index (χ0n) is 11.2. The predicted molar refractivity (Wildman–Crippen MR) is 77.6 cm³/mol. The first-order chi connectivity index (χ1) is 10.3. The largest absolute Gasteiger partial charge is 0.369 e. The molecule has 0 bridgehead atoms. The van der Waals surface area contributed by atoms with Gasteiger partial charge in [-0.2, -0.15) is 10.2 Å². The molecule has 0 spiro atoms. The zero-order valence-corrected chi connectivity index (χ0v) is 12.0. The number of methoxy groups -OCH3 is 1.